The van der Waals surface area contributed by atoms with Gasteiger partial charge in [0.05, 0.1) is 0 Å². The first kappa shape index (κ1) is 10.0. The molecule has 0 aromatic carbocycles. The summed E-state index contributed by atoms with van der Waals surface area (Å²) in [5.41, 5.74) is 0. The summed E-state index contributed by atoms with van der Waals surface area (Å²) in [6.07, 6.45) is 2.80. The van der Waals surface area contributed by atoms with Crippen LogP contribution in [0.25, 0.3) is 0 Å². The van der Waals surface area contributed by atoms with Crippen LogP contribution in [0.2, 0.25) is 0 Å². The van der Waals surface area contributed by atoms with Gasteiger partial charge in [0, 0.05) is 11.8 Å². The number of hydrogen-bond donors (Lipinski definition) is 0. The number of hydrogen-bond acceptors (Lipinski definition) is 2. The fraction of sp³-hybridized carbons (Fsp3) is 0.750. The van der Waals surface area contributed by atoms with Crippen LogP contribution in [0, 0.1) is 11.8 Å². The molecule has 12 heavy (non-hydrogen) atoms. The van der Waals surface area contributed by atoms with Crippen molar-refractivity contribution in [3.8, 4) is 0 Å². The maximum atomic E-state index is 10.7. The van der Waals surface area contributed by atoms with Crippen LogP contribution < -0.4 is 0 Å². The predicted molar refractivity (Wildman–Crippen MR) is 47.2 cm³/mol. The van der Waals surface area contributed by atoms with E-state index in [0.717, 1.165) is 0 Å². The lowest BCUT2D eigenvalue weighted by Gasteiger charge is -2.23. The molecule has 2 nitrogen and oxygen atoms in total. The first-order valence-corrected chi connectivity index (χ1v) is 4.75. The lowest BCUT2D eigenvalue weighted by molar-refractivity contribution is -0.120. The third-order valence-electron chi connectivity index (χ3n) is 2.37. The first-order chi connectivity index (χ1) is 5.61. The second-order valence-corrected chi connectivity index (χ2v) is 3.90. The van der Waals surface area contributed by atoms with E-state index in [2.05, 4.69) is 0 Å². The Morgan fingerprint density at radius 1 is 0.833 bits per heavy atom. The quantitative estimate of drug-likeness (QED) is 0.654. The Bertz CT molecular complexity index is 173. The van der Waals surface area contributed by atoms with Gasteiger partial charge < -0.3 is 0 Å². The van der Waals surface area contributed by atoms with Gasteiger partial charge in [-0.15, -0.1) is 0 Å². The largest absolute Gasteiger partial charge is 0.281 e. The SMILES string of the molecule is O=C(Cl)[C@H]1CC[C@H](C(=O)Cl)CC1. The maximum absolute atomic E-state index is 10.7. The molecule has 0 atom stereocenters. The smallest absolute Gasteiger partial charge is 0.224 e. The molecule has 0 unspecified atom stereocenters. The minimum atomic E-state index is -0.282. The minimum Gasteiger partial charge on any atom is -0.281 e. The van der Waals surface area contributed by atoms with E-state index in [1.807, 2.05) is 0 Å². The minimum absolute atomic E-state index is 0.0565. The average molecular weight is 209 g/mol. The van der Waals surface area contributed by atoms with Crippen LogP contribution >= 0.6 is 23.2 Å². The summed E-state index contributed by atoms with van der Waals surface area (Å²) in [6, 6.07) is 0. The molecular weight excluding hydrogens is 199 g/mol. The van der Waals surface area contributed by atoms with Crippen molar-refractivity contribution in [2.45, 2.75) is 25.7 Å². The van der Waals surface area contributed by atoms with Gasteiger partial charge in [0.2, 0.25) is 10.5 Å². The number of carbonyl (C=O) groups is 2. The Balaban J connectivity index is 2.39. The Hall–Kier alpha value is -0.0800. The summed E-state index contributed by atoms with van der Waals surface area (Å²) < 4.78 is 0. The molecule has 1 saturated carbocycles. The van der Waals surface area contributed by atoms with E-state index in [-0.39, 0.29) is 22.3 Å². The third-order valence-corrected chi connectivity index (χ3v) is 2.99. The summed E-state index contributed by atoms with van der Waals surface area (Å²) >= 11 is 10.7. The molecule has 1 fully saturated rings. The van der Waals surface area contributed by atoms with Crippen molar-refractivity contribution in [2.75, 3.05) is 0 Å². The topological polar surface area (TPSA) is 34.1 Å². The van der Waals surface area contributed by atoms with Crippen molar-refractivity contribution in [1.82, 2.24) is 0 Å². The normalized spacial score (nSPS) is 29.8. The molecule has 0 radical (unpaired) electrons. The van der Waals surface area contributed by atoms with Gasteiger partial charge in [-0.1, -0.05) is 0 Å². The summed E-state index contributed by atoms with van der Waals surface area (Å²) in [5.74, 6) is -0.113. The molecule has 0 aliphatic heterocycles. The van der Waals surface area contributed by atoms with Gasteiger partial charge in [0.25, 0.3) is 0 Å². The Labute approximate surface area is 81.2 Å². The molecule has 0 aromatic heterocycles. The molecule has 0 amide bonds. The lowest BCUT2D eigenvalue weighted by Crippen LogP contribution is -2.21. The number of halogens is 2. The zero-order chi connectivity index (χ0) is 9.14. The van der Waals surface area contributed by atoms with Crippen LogP contribution in [-0.4, -0.2) is 10.5 Å². The summed E-state index contributed by atoms with van der Waals surface area (Å²) in [6.45, 7) is 0. The third kappa shape index (κ3) is 2.46. The molecule has 0 bridgehead atoms. The highest BCUT2D eigenvalue weighted by Crippen LogP contribution is 2.31. The standard InChI is InChI=1S/C8H10Cl2O2/c9-7(11)5-1-2-6(4-3-5)8(10)12/h5-6H,1-4H2/t5-,6-. The van der Waals surface area contributed by atoms with Gasteiger partial charge in [0.1, 0.15) is 0 Å². The molecule has 1 aliphatic carbocycles. The molecular formula is C8H10Cl2O2. The van der Waals surface area contributed by atoms with Crippen molar-refractivity contribution in [2.24, 2.45) is 11.8 Å². The molecule has 0 saturated heterocycles. The van der Waals surface area contributed by atoms with Crippen LogP contribution in [0.1, 0.15) is 25.7 Å². The van der Waals surface area contributed by atoms with E-state index in [4.69, 9.17) is 23.2 Å². The number of carbonyl (C=O) groups excluding carboxylic acids is 2. The molecule has 1 rings (SSSR count). The van der Waals surface area contributed by atoms with Gasteiger partial charge in [-0.2, -0.15) is 0 Å². The van der Waals surface area contributed by atoms with E-state index in [9.17, 15) is 9.59 Å². The highest BCUT2D eigenvalue weighted by Gasteiger charge is 2.27. The van der Waals surface area contributed by atoms with Crippen molar-refractivity contribution >= 4 is 33.7 Å². The highest BCUT2D eigenvalue weighted by atomic mass is 35.5. The second kappa shape index (κ2) is 4.24. The Morgan fingerprint density at radius 2 is 1.08 bits per heavy atom. The lowest BCUT2D eigenvalue weighted by atomic mass is 9.83. The molecule has 68 valence electrons. The average Bonchev–Trinajstić information content (AvgIpc) is 2.04. The zero-order valence-corrected chi connectivity index (χ0v) is 8.07. The molecule has 0 N–H and O–H groups in total. The summed E-state index contributed by atoms with van der Waals surface area (Å²) in [5, 5.41) is -0.564. The molecule has 0 spiro atoms. The van der Waals surface area contributed by atoms with Crippen LogP contribution in [0.3, 0.4) is 0 Å². The van der Waals surface area contributed by atoms with E-state index in [1.165, 1.54) is 0 Å². The zero-order valence-electron chi connectivity index (χ0n) is 6.56. The van der Waals surface area contributed by atoms with Gasteiger partial charge >= 0.3 is 0 Å². The van der Waals surface area contributed by atoms with Crippen molar-refractivity contribution in [3.63, 3.8) is 0 Å². The van der Waals surface area contributed by atoms with Gasteiger partial charge in [-0.25, -0.2) is 0 Å². The number of rotatable bonds is 2. The van der Waals surface area contributed by atoms with E-state index < -0.39 is 0 Å². The van der Waals surface area contributed by atoms with Crippen LogP contribution in [0.4, 0.5) is 0 Å². The summed E-state index contributed by atoms with van der Waals surface area (Å²) in [7, 11) is 0. The van der Waals surface area contributed by atoms with Crippen molar-refractivity contribution < 1.29 is 9.59 Å². The molecule has 1 aliphatic rings. The molecule has 0 heterocycles. The fourth-order valence-corrected chi connectivity index (χ4v) is 1.98. The second-order valence-electron chi connectivity index (χ2n) is 3.16. The predicted octanol–water partition coefficient (Wildman–Crippen LogP) is 2.32. The van der Waals surface area contributed by atoms with Crippen molar-refractivity contribution in [3.05, 3.63) is 0 Å². The Kier molecular flexibility index (Phi) is 3.53. The monoisotopic (exact) mass is 208 g/mol. The van der Waals surface area contributed by atoms with Gasteiger partial charge in [-0.3, -0.25) is 9.59 Å². The Morgan fingerprint density at radius 3 is 1.25 bits per heavy atom. The van der Waals surface area contributed by atoms with Gasteiger partial charge in [0.15, 0.2) is 0 Å². The fourth-order valence-electron chi connectivity index (χ4n) is 1.55. The highest BCUT2D eigenvalue weighted by molar-refractivity contribution is 6.64. The van der Waals surface area contributed by atoms with Gasteiger partial charge in [-0.05, 0) is 48.9 Å². The van der Waals surface area contributed by atoms with E-state index >= 15 is 0 Å². The first-order valence-electron chi connectivity index (χ1n) is 4.00. The maximum Gasteiger partial charge on any atom is 0.224 e. The van der Waals surface area contributed by atoms with Crippen molar-refractivity contribution in [1.29, 1.82) is 0 Å². The van der Waals surface area contributed by atoms with Crippen LogP contribution in [-0.2, 0) is 9.59 Å². The van der Waals surface area contributed by atoms with Crippen LogP contribution in [0.5, 0.6) is 0 Å². The molecule has 4 heteroatoms. The van der Waals surface area contributed by atoms with E-state index in [1.54, 1.807) is 0 Å². The molecule has 0 aromatic rings. The summed E-state index contributed by atoms with van der Waals surface area (Å²) in [4.78, 5) is 21.4. The van der Waals surface area contributed by atoms with Crippen LogP contribution in [0.15, 0.2) is 0 Å². The van der Waals surface area contributed by atoms with E-state index in [0.29, 0.717) is 25.7 Å².